The second-order valence-corrected chi connectivity index (χ2v) is 12.7. The number of allylic oxidation sites excluding steroid dienone is 2. The van der Waals surface area contributed by atoms with E-state index in [2.05, 4.69) is 33.0 Å². The molecule has 1 aliphatic carbocycles. The second-order valence-electron chi connectivity index (χ2n) is 7.53. The molecular weight excluding hydrogens is 276 g/mol. The highest BCUT2D eigenvalue weighted by atomic mass is 28.3. The Labute approximate surface area is 131 Å². The van der Waals surface area contributed by atoms with Crippen LogP contribution in [0, 0.1) is 5.41 Å². The van der Waals surface area contributed by atoms with E-state index in [1.54, 1.807) is 0 Å². The molecule has 3 heteroatoms. The summed E-state index contributed by atoms with van der Waals surface area (Å²) in [7, 11) is -1.24. The normalized spacial score (nSPS) is 26.7. The van der Waals surface area contributed by atoms with Crippen LogP contribution in [0.4, 0.5) is 0 Å². The van der Waals surface area contributed by atoms with E-state index < -0.39 is 13.9 Å². The minimum absolute atomic E-state index is 0.147. The van der Waals surface area contributed by atoms with Gasteiger partial charge in [0.2, 0.25) is 0 Å². The summed E-state index contributed by atoms with van der Waals surface area (Å²) in [5, 5.41) is 0. The largest absolute Gasteiger partial charge is 0.350 e. The standard InChI is InChI=1S/C18H32O2Si/c1-7-21(8-2,9-3)12-16-11-18(10-15(16)4)13-19-17(5,6)20-14-18/h12H,4,7-11,13-14H2,1-3,5-6H3/b16-12+. The van der Waals surface area contributed by atoms with Crippen molar-refractivity contribution in [3.8, 4) is 0 Å². The fourth-order valence-corrected chi connectivity index (χ4v) is 6.84. The van der Waals surface area contributed by atoms with Gasteiger partial charge >= 0.3 is 0 Å². The Kier molecular flexibility index (Phi) is 4.86. The fraction of sp³-hybridized carbons (Fsp3) is 0.778. The van der Waals surface area contributed by atoms with Gasteiger partial charge in [0.25, 0.3) is 0 Å². The van der Waals surface area contributed by atoms with Gasteiger partial charge in [-0.05, 0) is 26.7 Å². The van der Waals surface area contributed by atoms with Crippen LogP contribution in [-0.2, 0) is 9.47 Å². The minimum atomic E-state index is -1.24. The molecule has 2 aliphatic rings. The van der Waals surface area contributed by atoms with Crippen LogP contribution in [0.3, 0.4) is 0 Å². The van der Waals surface area contributed by atoms with Crippen molar-refractivity contribution >= 4 is 8.07 Å². The van der Waals surface area contributed by atoms with Gasteiger partial charge in [0, 0.05) is 5.41 Å². The molecule has 1 heterocycles. The van der Waals surface area contributed by atoms with Crippen molar-refractivity contribution < 1.29 is 9.47 Å². The van der Waals surface area contributed by atoms with Crippen molar-refractivity contribution in [3.63, 3.8) is 0 Å². The summed E-state index contributed by atoms with van der Waals surface area (Å²) in [6.07, 6.45) is 2.13. The second kappa shape index (κ2) is 6.02. The van der Waals surface area contributed by atoms with Crippen molar-refractivity contribution in [2.75, 3.05) is 13.2 Å². The third-order valence-corrected chi connectivity index (χ3v) is 10.8. The SMILES string of the molecule is C=C1CC2(COC(C)(C)OC2)C/C1=C\[Si](CC)(CC)CC. The van der Waals surface area contributed by atoms with E-state index in [0.29, 0.717) is 0 Å². The first-order chi connectivity index (χ1) is 9.79. The molecule has 0 radical (unpaired) electrons. The van der Waals surface area contributed by atoms with Crippen LogP contribution in [0.2, 0.25) is 18.1 Å². The summed E-state index contributed by atoms with van der Waals surface area (Å²) in [4.78, 5) is 0. The predicted octanol–water partition coefficient (Wildman–Crippen LogP) is 5.08. The molecule has 0 bridgehead atoms. The molecule has 0 aromatic carbocycles. The molecule has 120 valence electrons. The Balaban J connectivity index is 2.17. The zero-order chi connectivity index (χ0) is 15.7. The van der Waals surface area contributed by atoms with Crippen LogP contribution in [0.1, 0.15) is 47.5 Å². The predicted molar refractivity (Wildman–Crippen MR) is 92.1 cm³/mol. The minimum Gasteiger partial charge on any atom is -0.350 e. The molecule has 2 nitrogen and oxygen atoms in total. The molecule has 1 spiro atoms. The molecule has 1 saturated heterocycles. The molecule has 2 rings (SSSR count). The highest BCUT2D eigenvalue weighted by Crippen LogP contribution is 2.48. The van der Waals surface area contributed by atoms with Gasteiger partial charge in [-0.3, -0.25) is 0 Å². The van der Waals surface area contributed by atoms with E-state index >= 15 is 0 Å². The lowest BCUT2D eigenvalue weighted by Crippen LogP contribution is -2.45. The van der Waals surface area contributed by atoms with Gasteiger partial charge in [-0.25, -0.2) is 0 Å². The molecule has 2 fully saturated rings. The molecule has 0 atom stereocenters. The molecule has 0 aromatic heterocycles. The van der Waals surface area contributed by atoms with Gasteiger partial charge in [-0.1, -0.05) is 62.3 Å². The van der Waals surface area contributed by atoms with Gasteiger partial charge in [0.05, 0.1) is 21.3 Å². The van der Waals surface area contributed by atoms with Crippen molar-refractivity contribution in [2.24, 2.45) is 5.41 Å². The first-order valence-corrected chi connectivity index (χ1v) is 11.2. The topological polar surface area (TPSA) is 18.5 Å². The highest BCUT2D eigenvalue weighted by molar-refractivity contribution is 6.84. The summed E-state index contributed by atoms with van der Waals surface area (Å²) < 4.78 is 11.9. The monoisotopic (exact) mass is 308 g/mol. The molecular formula is C18H32O2Si. The molecule has 0 unspecified atom stereocenters. The summed E-state index contributed by atoms with van der Waals surface area (Å²) in [5.74, 6) is -0.423. The Morgan fingerprint density at radius 2 is 1.57 bits per heavy atom. The molecule has 1 aliphatic heterocycles. The van der Waals surface area contributed by atoms with Crippen LogP contribution >= 0.6 is 0 Å². The maximum atomic E-state index is 5.93. The Hall–Kier alpha value is -0.383. The average molecular weight is 309 g/mol. The van der Waals surface area contributed by atoms with Crippen LogP contribution < -0.4 is 0 Å². The van der Waals surface area contributed by atoms with Gasteiger partial charge in [-0.15, -0.1) is 0 Å². The van der Waals surface area contributed by atoms with E-state index in [-0.39, 0.29) is 5.41 Å². The number of hydrogen-bond acceptors (Lipinski definition) is 2. The van der Waals surface area contributed by atoms with Crippen LogP contribution in [0.5, 0.6) is 0 Å². The van der Waals surface area contributed by atoms with E-state index in [1.807, 2.05) is 13.8 Å². The first kappa shape index (κ1) is 17.0. The van der Waals surface area contributed by atoms with Crippen molar-refractivity contribution in [1.82, 2.24) is 0 Å². The number of ether oxygens (including phenoxy) is 2. The first-order valence-electron chi connectivity index (χ1n) is 8.47. The zero-order valence-corrected chi connectivity index (χ0v) is 15.6. The molecule has 0 aromatic rings. The molecule has 0 amide bonds. The Bertz CT molecular complexity index is 414. The third kappa shape index (κ3) is 3.52. The van der Waals surface area contributed by atoms with Crippen LogP contribution in [0.15, 0.2) is 23.4 Å². The number of hydrogen-bond donors (Lipinski definition) is 0. The quantitative estimate of drug-likeness (QED) is 0.674. The lowest BCUT2D eigenvalue weighted by Gasteiger charge is -2.41. The molecule has 21 heavy (non-hydrogen) atoms. The summed E-state index contributed by atoms with van der Waals surface area (Å²) >= 11 is 0. The lowest BCUT2D eigenvalue weighted by atomic mass is 9.86. The average Bonchev–Trinajstić information content (AvgIpc) is 2.77. The Morgan fingerprint density at radius 3 is 2.05 bits per heavy atom. The molecule has 0 N–H and O–H groups in total. The lowest BCUT2D eigenvalue weighted by molar-refractivity contribution is -0.283. The number of rotatable bonds is 4. The summed E-state index contributed by atoms with van der Waals surface area (Å²) in [6, 6.07) is 4.01. The van der Waals surface area contributed by atoms with Crippen LogP contribution in [-0.4, -0.2) is 27.1 Å². The third-order valence-electron chi connectivity index (χ3n) is 5.65. The van der Waals surface area contributed by atoms with E-state index in [1.165, 1.54) is 29.3 Å². The summed E-state index contributed by atoms with van der Waals surface area (Å²) in [5.41, 5.74) is 5.64. The van der Waals surface area contributed by atoms with Crippen molar-refractivity contribution in [3.05, 3.63) is 23.4 Å². The van der Waals surface area contributed by atoms with E-state index in [4.69, 9.17) is 9.47 Å². The van der Waals surface area contributed by atoms with Gasteiger partial charge in [0.15, 0.2) is 5.79 Å². The maximum Gasteiger partial charge on any atom is 0.162 e. The highest BCUT2D eigenvalue weighted by Gasteiger charge is 2.45. The Morgan fingerprint density at radius 1 is 1.05 bits per heavy atom. The van der Waals surface area contributed by atoms with Crippen LogP contribution in [0.25, 0.3) is 0 Å². The fourth-order valence-electron chi connectivity index (χ4n) is 3.68. The zero-order valence-electron chi connectivity index (χ0n) is 14.6. The van der Waals surface area contributed by atoms with Gasteiger partial charge < -0.3 is 9.47 Å². The van der Waals surface area contributed by atoms with Gasteiger partial charge in [0.1, 0.15) is 0 Å². The smallest absolute Gasteiger partial charge is 0.162 e. The van der Waals surface area contributed by atoms with E-state index in [0.717, 1.165) is 26.1 Å². The van der Waals surface area contributed by atoms with Gasteiger partial charge in [-0.2, -0.15) is 0 Å². The van der Waals surface area contributed by atoms with E-state index in [9.17, 15) is 0 Å². The maximum absolute atomic E-state index is 5.93. The summed E-state index contributed by atoms with van der Waals surface area (Å²) in [6.45, 7) is 17.0. The molecule has 1 saturated carbocycles. The van der Waals surface area contributed by atoms with Crippen molar-refractivity contribution in [2.45, 2.75) is 71.4 Å². The van der Waals surface area contributed by atoms with Crippen molar-refractivity contribution in [1.29, 1.82) is 0 Å².